The molecule has 5 heteroatoms. The fourth-order valence-electron chi connectivity index (χ4n) is 7.71. The number of nitrogens with zero attached hydrogens (tertiary/aromatic N) is 1. The van der Waals surface area contributed by atoms with Gasteiger partial charge in [0, 0.05) is 11.3 Å². The molecule has 1 aliphatic carbocycles. The predicted octanol–water partition coefficient (Wildman–Crippen LogP) is 10.4. The summed E-state index contributed by atoms with van der Waals surface area (Å²) in [5, 5.41) is 0.0695. The minimum Gasteiger partial charge on any atom is -0.199 e. The van der Waals surface area contributed by atoms with Gasteiger partial charge in [-0.25, -0.2) is 0 Å². The van der Waals surface area contributed by atoms with Gasteiger partial charge in [-0.1, -0.05) is 156 Å². The van der Waals surface area contributed by atoms with Gasteiger partial charge >= 0.3 is 0 Å². The van der Waals surface area contributed by atoms with E-state index in [2.05, 4.69) is 108 Å². The van der Waals surface area contributed by atoms with Crippen LogP contribution in [0.3, 0.4) is 0 Å². The highest BCUT2D eigenvalue weighted by Gasteiger charge is 2.59. The highest BCUT2D eigenvalue weighted by Crippen LogP contribution is 2.63. The second kappa shape index (κ2) is 12.1. The van der Waals surface area contributed by atoms with Gasteiger partial charge in [0.25, 0.3) is 10.0 Å². The van der Waals surface area contributed by atoms with Crippen molar-refractivity contribution >= 4 is 23.8 Å². The van der Waals surface area contributed by atoms with Crippen molar-refractivity contribution in [2.45, 2.75) is 93.8 Å². The summed E-state index contributed by atoms with van der Waals surface area (Å²) in [6, 6.07) is 38.9. The molecule has 5 rings (SSSR count). The first-order valence-corrected chi connectivity index (χ1v) is 20.7. The number of hydrogen-bond donors (Lipinski definition) is 0. The lowest BCUT2D eigenvalue weighted by Crippen LogP contribution is -2.58. The Morgan fingerprint density at radius 2 is 1.24 bits per heavy atom. The SMILES string of the molecule is Cc1ccc(S(=O)(=O)/N=C(\c2ccccc2)[C@@H]2[C@@H]([Si](C)(C)C(C)(C)C)C[C@@](C)(c3ccccc3)C[C@]2(C)c2ccccc2)cc1. The summed E-state index contributed by atoms with van der Waals surface area (Å²) in [6.07, 6.45) is 1.84. The Balaban J connectivity index is 1.86. The lowest BCUT2D eigenvalue weighted by atomic mass is 9.53. The number of sulfonamides is 1. The minimum absolute atomic E-state index is 0.0695. The fraction of sp³-hybridized carbons (Fsp3) is 0.375. The van der Waals surface area contributed by atoms with Crippen molar-refractivity contribution < 1.29 is 8.42 Å². The molecule has 4 aromatic carbocycles. The average molecular weight is 636 g/mol. The van der Waals surface area contributed by atoms with E-state index in [-0.39, 0.29) is 26.8 Å². The van der Waals surface area contributed by atoms with E-state index in [4.69, 9.17) is 4.40 Å². The predicted molar refractivity (Wildman–Crippen MR) is 193 cm³/mol. The second-order valence-corrected chi connectivity index (χ2v) is 22.6. The zero-order valence-corrected chi connectivity index (χ0v) is 30.0. The molecule has 236 valence electrons. The van der Waals surface area contributed by atoms with Crippen molar-refractivity contribution in [3.05, 3.63) is 138 Å². The summed E-state index contributed by atoms with van der Waals surface area (Å²) in [6.45, 7) is 19.0. The van der Waals surface area contributed by atoms with Crippen LogP contribution in [0.4, 0.5) is 0 Å². The Morgan fingerprint density at radius 3 is 1.76 bits per heavy atom. The van der Waals surface area contributed by atoms with Crippen LogP contribution in [0.1, 0.15) is 69.7 Å². The van der Waals surface area contributed by atoms with Gasteiger partial charge in [0.15, 0.2) is 0 Å². The maximum absolute atomic E-state index is 14.2. The monoisotopic (exact) mass is 635 g/mol. The van der Waals surface area contributed by atoms with Crippen LogP contribution in [-0.4, -0.2) is 22.2 Å². The van der Waals surface area contributed by atoms with Crippen molar-refractivity contribution in [1.29, 1.82) is 0 Å². The zero-order valence-electron chi connectivity index (χ0n) is 28.2. The Bertz CT molecular complexity index is 1740. The molecule has 0 N–H and O–H groups in total. The van der Waals surface area contributed by atoms with Crippen LogP contribution < -0.4 is 0 Å². The molecule has 1 saturated carbocycles. The van der Waals surface area contributed by atoms with Crippen LogP contribution >= 0.6 is 0 Å². The quantitative estimate of drug-likeness (QED) is 0.150. The molecule has 0 saturated heterocycles. The largest absolute Gasteiger partial charge is 0.282 e. The first-order chi connectivity index (χ1) is 21.1. The van der Waals surface area contributed by atoms with E-state index < -0.39 is 23.5 Å². The topological polar surface area (TPSA) is 46.5 Å². The molecule has 0 heterocycles. The third kappa shape index (κ3) is 6.39. The summed E-state index contributed by atoms with van der Waals surface area (Å²) < 4.78 is 33.4. The van der Waals surface area contributed by atoms with Crippen LogP contribution in [0.2, 0.25) is 23.7 Å². The highest BCUT2D eigenvalue weighted by molar-refractivity contribution is 7.90. The number of benzene rings is 4. The molecule has 0 aliphatic heterocycles. The molecule has 3 nitrogen and oxygen atoms in total. The van der Waals surface area contributed by atoms with E-state index in [1.54, 1.807) is 12.1 Å². The normalized spacial score (nSPS) is 24.8. The molecule has 0 unspecified atom stereocenters. The molecule has 4 aromatic rings. The van der Waals surface area contributed by atoms with Crippen LogP contribution in [0.15, 0.2) is 125 Å². The molecular formula is C40H49NO2SSi. The highest BCUT2D eigenvalue weighted by atomic mass is 32.2. The fourth-order valence-corrected chi connectivity index (χ4v) is 12.2. The third-order valence-corrected chi connectivity index (χ3v) is 18.7. The molecule has 1 aliphatic rings. The Labute approximate surface area is 272 Å². The summed E-state index contributed by atoms with van der Waals surface area (Å²) in [5.41, 5.74) is 4.88. The van der Waals surface area contributed by atoms with Gasteiger partial charge in [0.2, 0.25) is 0 Å². The lowest BCUT2D eigenvalue weighted by Gasteiger charge is -2.60. The van der Waals surface area contributed by atoms with Crippen LogP contribution in [-0.2, 0) is 20.9 Å². The molecule has 0 amide bonds. The van der Waals surface area contributed by atoms with Gasteiger partial charge in [-0.2, -0.15) is 12.8 Å². The Hall–Kier alpha value is -3.28. The molecule has 45 heavy (non-hydrogen) atoms. The van der Waals surface area contributed by atoms with Gasteiger partial charge in [-0.3, -0.25) is 0 Å². The molecule has 0 spiro atoms. The summed E-state index contributed by atoms with van der Waals surface area (Å²) in [7, 11) is -6.13. The van der Waals surface area contributed by atoms with Crippen molar-refractivity contribution in [3.8, 4) is 0 Å². The number of rotatable bonds is 7. The van der Waals surface area contributed by atoms with E-state index >= 15 is 0 Å². The minimum atomic E-state index is -3.99. The van der Waals surface area contributed by atoms with Crippen LogP contribution in [0.5, 0.6) is 0 Å². The lowest BCUT2D eigenvalue weighted by molar-refractivity contribution is 0.170. The van der Waals surface area contributed by atoms with Gasteiger partial charge in [0.1, 0.15) is 0 Å². The average Bonchev–Trinajstić information content (AvgIpc) is 3.01. The van der Waals surface area contributed by atoms with Crippen molar-refractivity contribution in [1.82, 2.24) is 0 Å². The van der Waals surface area contributed by atoms with E-state index in [1.807, 2.05) is 49.4 Å². The van der Waals surface area contributed by atoms with Gasteiger partial charge in [-0.05, 0) is 64.6 Å². The summed E-state index contributed by atoms with van der Waals surface area (Å²) in [5.74, 6) is -0.125. The van der Waals surface area contributed by atoms with Gasteiger partial charge in [0.05, 0.1) is 18.7 Å². The second-order valence-electron chi connectivity index (χ2n) is 15.3. The molecule has 0 radical (unpaired) electrons. The molecule has 1 fully saturated rings. The third-order valence-electron chi connectivity index (χ3n) is 11.2. The molecule has 0 aromatic heterocycles. The molecule has 4 atom stereocenters. The van der Waals surface area contributed by atoms with Crippen molar-refractivity contribution in [2.24, 2.45) is 10.3 Å². The number of aryl methyl sites for hydroxylation is 1. The Morgan fingerprint density at radius 1 is 0.756 bits per heavy atom. The summed E-state index contributed by atoms with van der Waals surface area (Å²) in [4.78, 5) is 0.233. The van der Waals surface area contributed by atoms with Crippen LogP contribution in [0.25, 0.3) is 0 Å². The van der Waals surface area contributed by atoms with E-state index in [0.717, 1.165) is 24.0 Å². The Kier molecular flexibility index (Phi) is 8.93. The zero-order chi connectivity index (χ0) is 32.7. The number of hydrogen-bond acceptors (Lipinski definition) is 2. The standard InChI is InChI=1S/C40H49NO2SSi/c1-30-24-26-34(27-25-30)44(42,43)41-37(31-18-12-9-13-19-31)36-35(45(7,8)38(2,3)4)28-39(5,32-20-14-10-15-21-32)29-40(36,6)33-22-16-11-17-23-33/h9-27,35-36H,28-29H2,1-8H3/b41-37+/t35-,36-,39+,40+/m0/s1. The van der Waals surface area contributed by atoms with E-state index in [1.165, 1.54) is 11.1 Å². The molecule has 0 bridgehead atoms. The smallest absolute Gasteiger partial charge is 0.199 e. The maximum Gasteiger partial charge on any atom is 0.282 e. The van der Waals surface area contributed by atoms with Crippen LogP contribution in [0, 0.1) is 12.8 Å². The van der Waals surface area contributed by atoms with E-state index in [0.29, 0.717) is 5.71 Å². The first-order valence-electron chi connectivity index (χ1n) is 16.2. The van der Waals surface area contributed by atoms with Gasteiger partial charge in [-0.15, -0.1) is 0 Å². The summed E-state index contributed by atoms with van der Waals surface area (Å²) >= 11 is 0. The van der Waals surface area contributed by atoms with E-state index in [9.17, 15) is 8.42 Å². The van der Waals surface area contributed by atoms with Gasteiger partial charge < -0.3 is 0 Å². The van der Waals surface area contributed by atoms with Crippen molar-refractivity contribution in [2.75, 3.05) is 0 Å². The molecular weight excluding hydrogens is 587 g/mol. The van der Waals surface area contributed by atoms with Crippen molar-refractivity contribution in [3.63, 3.8) is 0 Å². The first kappa shape index (κ1) is 33.1. The maximum atomic E-state index is 14.2.